The van der Waals surface area contributed by atoms with Crippen LogP contribution in [-0.2, 0) is 22.4 Å². The molecular weight excluding hydrogens is 406 g/mol. The largest absolute Gasteiger partial charge is 0.449 e. The molecule has 2 amide bonds. The highest BCUT2D eigenvalue weighted by molar-refractivity contribution is 5.85. The second-order valence-electron chi connectivity index (χ2n) is 9.14. The second-order valence-corrected chi connectivity index (χ2v) is 9.14. The molecule has 1 fully saturated rings. The van der Waals surface area contributed by atoms with Gasteiger partial charge in [-0.1, -0.05) is 30.3 Å². The SMILES string of the molecule is CC(C)(N)C(=O)NC(CCCc1ccccc1)c1[nH]ncc1CCOC(=O)NCC1CC1. The van der Waals surface area contributed by atoms with Gasteiger partial charge in [0.2, 0.25) is 5.91 Å². The van der Waals surface area contributed by atoms with Crippen molar-refractivity contribution in [1.29, 1.82) is 0 Å². The number of carbonyl (C=O) groups is 2. The number of rotatable bonds is 12. The lowest BCUT2D eigenvalue weighted by molar-refractivity contribution is -0.126. The Morgan fingerprint density at radius 2 is 2.00 bits per heavy atom. The Morgan fingerprint density at radius 1 is 1.25 bits per heavy atom. The van der Waals surface area contributed by atoms with Crippen LogP contribution in [0.15, 0.2) is 36.5 Å². The van der Waals surface area contributed by atoms with Gasteiger partial charge >= 0.3 is 6.09 Å². The minimum absolute atomic E-state index is 0.224. The smallest absolute Gasteiger partial charge is 0.407 e. The average Bonchev–Trinajstić information content (AvgIpc) is 3.48. The van der Waals surface area contributed by atoms with Crippen LogP contribution in [0, 0.1) is 5.92 Å². The number of hydrogen-bond acceptors (Lipinski definition) is 5. The fourth-order valence-electron chi connectivity index (χ4n) is 3.46. The molecular formula is C24H35N5O3. The maximum atomic E-state index is 12.6. The number of hydrogen-bond donors (Lipinski definition) is 4. The van der Waals surface area contributed by atoms with Gasteiger partial charge in [-0.3, -0.25) is 9.89 Å². The van der Waals surface area contributed by atoms with Crippen LogP contribution in [0.3, 0.4) is 0 Å². The number of nitrogens with one attached hydrogen (secondary N) is 3. The lowest BCUT2D eigenvalue weighted by Gasteiger charge is -2.24. The highest BCUT2D eigenvalue weighted by atomic mass is 16.5. The van der Waals surface area contributed by atoms with Gasteiger partial charge in [-0.25, -0.2) is 4.79 Å². The molecule has 0 saturated heterocycles. The molecule has 1 aliphatic rings. The Balaban J connectivity index is 1.58. The number of carbonyl (C=O) groups excluding carboxylic acids is 2. The molecule has 2 aromatic rings. The van der Waals surface area contributed by atoms with Gasteiger partial charge in [-0.15, -0.1) is 0 Å². The number of aromatic nitrogens is 2. The molecule has 1 aromatic carbocycles. The number of aryl methyl sites for hydroxylation is 1. The Labute approximate surface area is 189 Å². The summed E-state index contributed by atoms with van der Waals surface area (Å²) in [5.41, 5.74) is 8.02. The maximum absolute atomic E-state index is 12.6. The predicted molar refractivity (Wildman–Crippen MR) is 123 cm³/mol. The third-order valence-electron chi connectivity index (χ3n) is 5.63. The zero-order valence-electron chi connectivity index (χ0n) is 19.0. The number of alkyl carbamates (subject to hydrolysis) is 1. The molecule has 1 saturated carbocycles. The lowest BCUT2D eigenvalue weighted by Crippen LogP contribution is -2.50. The van der Waals surface area contributed by atoms with Crippen molar-refractivity contribution >= 4 is 12.0 Å². The topological polar surface area (TPSA) is 122 Å². The monoisotopic (exact) mass is 441 g/mol. The summed E-state index contributed by atoms with van der Waals surface area (Å²) in [6, 6.07) is 10.0. The number of H-pyrrole nitrogens is 1. The van der Waals surface area contributed by atoms with E-state index in [0.29, 0.717) is 18.9 Å². The molecule has 32 heavy (non-hydrogen) atoms. The number of ether oxygens (including phenoxy) is 1. The van der Waals surface area contributed by atoms with Gasteiger partial charge < -0.3 is 21.1 Å². The lowest BCUT2D eigenvalue weighted by atomic mass is 9.98. The fraction of sp³-hybridized carbons (Fsp3) is 0.542. The van der Waals surface area contributed by atoms with Gasteiger partial charge in [0.25, 0.3) is 0 Å². The molecule has 0 spiro atoms. The number of nitrogens with zero attached hydrogens (tertiary/aromatic N) is 1. The zero-order chi connectivity index (χ0) is 23.0. The second kappa shape index (κ2) is 11.1. The van der Waals surface area contributed by atoms with Crippen LogP contribution in [0.25, 0.3) is 0 Å². The van der Waals surface area contributed by atoms with Crippen LogP contribution in [-0.4, -0.2) is 40.9 Å². The Morgan fingerprint density at radius 3 is 2.69 bits per heavy atom. The third-order valence-corrected chi connectivity index (χ3v) is 5.63. The summed E-state index contributed by atoms with van der Waals surface area (Å²) < 4.78 is 5.30. The minimum atomic E-state index is -0.985. The van der Waals surface area contributed by atoms with Crippen molar-refractivity contribution < 1.29 is 14.3 Å². The van der Waals surface area contributed by atoms with Gasteiger partial charge in [0.05, 0.1) is 30.1 Å². The zero-order valence-corrected chi connectivity index (χ0v) is 19.0. The summed E-state index contributed by atoms with van der Waals surface area (Å²) in [5.74, 6) is 0.383. The third kappa shape index (κ3) is 7.67. The average molecular weight is 442 g/mol. The molecule has 0 radical (unpaired) electrons. The van der Waals surface area contributed by atoms with E-state index in [1.54, 1.807) is 20.0 Å². The minimum Gasteiger partial charge on any atom is -0.449 e. The van der Waals surface area contributed by atoms with E-state index in [0.717, 1.165) is 30.5 Å². The van der Waals surface area contributed by atoms with Gasteiger partial charge in [-0.2, -0.15) is 5.10 Å². The summed E-state index contributed by atoms with van der Waals surface area (Å²) in [6.45, 7) is 4.30. The van der Waals surface area contributed by atoms with Crippen molar-refractivity contribution in [2.45, 2.75) is 64.0 Å². The van der Waals surface area contributed by atoms with E-state index in [-0.39, 0.29) is 24.6 Å². The van der Waals surface area contributed by atoms with Crippen LogP contribution in [0.4, 0.5) is 4.79 Å². The van der Waals surface area contributed by atoms with Gasteiger partial charge in [0.15, 0.2) is 0 Å². The molecule has 1 aliphatic carbocycles. The van der Waals surface area contributed by atoms with Crippen LogP contribution in [0.1, 0.15) is 62.4 Å². The normalized spacial score (nSPS) is 14.6. The maximum Gasteiger partial charge on any atom is 0.407 e. The van der Waals surface area contributed by atoms with E-state index in [1.807, 2.05) is 18.2 Å². The Kier molecular flexibility index (Phi) is 8.27. The highest BCUT2D eigenvalue weighted by Gasteiger charge is 2.27. The first-order valence-electron chi connectivity index (χ1n) is 11.4. The summed E-state index contributed by atoms with van der Waals surface area (Å²) in [5, 5.41) is 13.1. The molecule has 174 valence electrons. The van der Waals surface area contributed by atoms with Crippen LogP contribution in [0.5, 0.6) is 0 Å². The quantitative estimate of drug-likeness (QED) is 0.403. The Bertz CT molecular complexity index is 871. The van der Waals surface area contributed by atoms with Crippen LogP contribution < -0.4 is 16.4 Å². The first kappa shape index (κ1) is 23.8. The van der Waals surface area contributed by atoms with Crippen molar-refractivity contribution in [3.63, 3.8) is 0 Å². The molecule has 3 rings (SSSR count). The van der Waals surface area contributed by atoms with Gasteiger partial charge in [0, 0.05) is 13.0 Å². The molecule has 0 aliphatic heterocycles. The van der Waals surface area contributed by atoms with Crippen LogP contribution in [0.2, 0.25) is 0 Å². The molecule has 8 nitrogen and oxygen atoms in total. The molecule has 1 atom stereocenters. The number of amides is 2. The van der Waals surface area contributed by atoms with E-state index in [2.05, 4.69) is 33.0 Å². The van der Waals surface area contributed by atoms with E-state index in [1.165, 1.54) is 18.4 Å². The summed E-state index contributed by atoms with van der Waals surface area (Å²) in [6.07, 6.45) is 6.73. The summed E-state index contributed by atoms with van der Waals surface area (Å²) in [7, 11) is 0. The van der Waals surface area contributed by atoms with Crippen LogP contribution >= 0.6 is 0 Å². The molecule has 1 heterocycles. The van der Waals surface area contributed by atoms with E-state index >= 15 is 0 Å². The molecule has 1 aromatic heterocycles. The highest BCUT2D eigenvalue weighted by Crippen LogP contribution is 2.27. The first-order chi connectivity index (χ1) is 15.3. The first-order valence-corrected chi connectivity index (χ1v) is 11.4. The Hall–Kier alpha value is -2.87. The summed E-state index contributed by atoms with van der Waals surface area (Å²) >= 11 is 0. The number of nitrogens with two attached hydrogens (primary N) is 1. The fourth-order valence-corrected chi connectivity index (χ4v) is 3.46. The van der Waals surface area contributed by atoms with E-state index < -0.39 is 5.54 Å². The van der Waals surface area contributed by atoms with Crippen molar-refractivity contribution in [2.75, 3.05) is 13.2 Å². The van der Waals surface area contributed by atoms with Gasteiger partial charge in [-0.05, 0) is 63.0 Å². The van der Waals surface area contributed by atoms with Crippen molar-refractivity contribution in [2.24, 2.45) is 11.7 Å². The van der Waals surface area contributed by atoms with Gasteiger partial charge in [0.1, 0.15) is 0 Å². The molecule has 5 N–H and O–H groups in total. The number of aromatic amines is 1. The molecule has 1 unspecified atom stereocenters. The molecule has 0 bridgehead atoms. The van der Waals surface area contributed by atoms with E-state index in [9.17, 15) is 9.59 Å². The summed E-state index contributed by atoms with van der Waals surface area (Å²) in [4.78, 5) is 24.4. The van der Waals surface area contributed by atoms with Crippen molar-refractivity contribution in [1.82, 2.24) is 20.8 Å². The predicted octanol–water partition coefficient (Wildman–Crippen LogP) is 3.01. The van der Waals surface area contributed by atoms with Crippen molar-refractivity contribution in [3.8, 4) is 0 Å². The van der Waals surface area contributed by atoms with E-state index in [4.69, 9.17) is 10.5 Å². The number of benzene rings is 1. The van der Waals surface area contributed by atoms with Crippen molar-refractivity contribution in [3.05, 3.63) is 53.3 Å². The standard InChI is InChI=1S/C24H35N5O3/c1-24(2,25)22(30)28-20(10-6-9-17-7-4-3-5-8-17)21-19(16-27-29-21)13-14-32-23(31)26-15-18-11-12-18/h3-5,7-8,16,18,20H,6,9-15,25H2,1-2H3,(H,26,31)(H,27,29)(H,28,30). The molecule has 8 heteroatoms.